The van der Waals surface area contributed by atoms with E-state index in [0.29, 0.717) is 18.7 Å². The highest BCUT2D eigenvalue weighted by atomic mass is 16.3. The summed E-state index contributed by atoms with van der Waals surface area (Å²) in [5, 5.41) is 9.25. The van der Waals surface area contributed by atoms with Gasteiger partial charge in [0.1, 0.15) is 5.65 Å². The van der Waals surface area contributed by atoms with Crippen molar-refractivity contribution >= 4 is 11.6 Å². The van der Waals surface area contributed by atoms with Gasteiger partial charge in [-0.25, -0.2) is 4.98 Å². The van der Waals surface area contributed by atoms with Crippen molar-refractivity contribution in [1.29, 1.82) is 0 Å². The van der Waals surface area contributed by atoms with Crippen LogP contribution in [0.1, 0.15) is 45.6 Å². The minimum Gasteiger partial charge on any atom is -0.392 e. The minimum absolute atomic E-state index is 0.0175. The number of nitrogens with zero attached hydrogens (tertiary/aromatic N) is 3. The number of amides is 1. The van der Waals surface area contributed by atoms with Crippen molar-refractivity contribution in [2.45, 2.75) is 31.8 Å². The van der Waals surface area contributed by atoms with Gasteiger partial charge in [0.05, 0.1) is 12.3 Å². The van der Waals surface area contributed by atoms with Gasteiger partial charge in [-0.3, -0.25) is 4.79 Å². The van der Waals surface area contributed by atoms with Gasteiger partial charge in [0.25, 0.3) is 5.91 Å². The number of imidazole rings is 1. The summed E-state index contributed by atoms with van der Waals surface area (Å²) in [6.45, 7) is 3.41. The van der Waals surface area contributed by atoms with Crippen LogP contribution in [0.25, 0.3) is 5.65 Å². The van der Waals surface area contributed by atoms with E-state index in [2.05, 4.69) is 60.1 Å². The lowest BCUT2D eigenvalue weighted by atomic mass is 9.70. The SMILES string of the molecule is Cc1ccc2nc(C3(c4ccccc4)CCN(C(=O)c4ccc(CO)cc4)CC3)cn2c1. The number of aromatic nitrogens is 2. The Balaban J connectivity index is 1.46. The maximum atomic E-state index is 13.1. The van der Waals surface area contributed by atoms with E-state index in [1.165, 1.54) is 11.1 Å². The highest BCUT2D eigenvalue weighted by molar-refractivity contribution is 5.94. The Morgan fingerprint density at radius 3 is 2.38 bits per heavy atom. The fourth-order valence-electron chi connectivity index (χ4n) is 4.81. The smallest absolute Gasteiger partial charge is 0.253 e. The fourth-order valence-corrected chi connectivity index (χ4v) is 4.81. The van der Waals surface area contributed by atoms with E-state index >= 15 is 0 Å². The quantitative estimate of drug-likeness (QED) is 0.529. The van der Waals surface area contributed by atoms with Crippen LogP contribution >= 0.6 is 0 Å². The second kappa shape index (κ2) is 8.24. The zero-order valence-electron chi connectivity index (χ0n) is 18.2. The molecule has 1 fully saturated rings. The average molecular weight is 426 g/mol. The number of aliphatic hydroxyl groups is 1. The van der Waals surface area contributed by atoms with Crippen molar-refractivity contribution in [1.82, 2.24) is 14.3 Å². The van der Waals surface area contributed by atoms with Crippen molar-refractivity contribution in [3.05, 3.63) is 107 Å². The predicted octanol–water partition coefficient (Wildman–Crippen LogP) is 4.36. The number of hydrogen-bond acceptors (Lipinski definition) is 3. The van der Waals surface area contributed by atoms with Crippen LogP contribution in [0.2, 0.25) is 0 Å². The van der Waals surface area contributed by atoms with Crippen LogP contribution in [-0.4, -0.2) is 38.4 Å². The number of rotatable bonds is 4. The fraction of sp³-hybridized carbons (Fsp3) is 0.259. The van der Waals surface area contributed by atoms with E-state index in [1.54, 1.807) is 12.1 Å². The van der Waals surface area contributed by atoms with Crippen molar-refractivity contribution in [3.63, 3.8) is 0 Å². The molecule has 5 nitrogen and oxygen atoms in total. The summed E-state index contributed by atoms with van der Waals surface area (Å²) in [6.07, 6.45) is 5.90. The van der Waals surface area contributed by atoms with Crippen LogP contribution in [0.3, 0.4) is 0 Å². The second-order valence-electron chi connectivity index (χ2n) is 8.69. The highest BCUT2D eigenvalue weighted by Crippen LogP contribution is 2.41. The molecule has 1 N–H and O–H groups in total. The third-order valence-corrected chi connectivity index (χ3v) is 6.70. The molecule has 0 saturated carbocycles. The molecule has 162 valence electrons. The first-order chi connectivity index (χ1) is 15.6. The van der Waals surface area contributed by atoms with E-state index in [9.17, 15) is 9.90 Å². The minimum atomic E-state index is -0.224. The number of fused-ring (bicyclic) bond motifs is 1. The molecule has 32 heavy (non-hydrogen) atoms. The van der Waals surface area contributed by atoms with E-state index in [0.717, 1.165) is 29.7 Å². The summed E-state index contributed by atoms with van der Waals surface area (Å²) < 4.78 is 2.11. The monoisotopic (exact) mass is 425 g/mol. The molecule has 1 aliphatic rings. The molecule has 0 radical (unpaired) electrons. The molecule has 1 amide bonds. The number of carbonyl (C=O) groups excluding carboxylic acids is 1. The molecule has 2 aromatic heterocycles. The van der Waals surface area contributed by atoms with Crippen LogP contribution in [0.4, 0.5) is 0 Å². The van der Waals surface area contributed by atoms with E-state index in [4.69, 9.17) is 4.98 Å². The Morgan fingerprint density at radius 2 is 1.69 bits per heavy atom. The molecule has 5 rings (SSSR count). The topological polar surface area (TPSA) is 57.8 Å². The number of benzene rings is 2. The van der Waals surface area contributed by atoms with Gasteiger partial charge >= 0.3 is 0 Å². The summed E-state index contributed by atoms with van der Waals surface area (Å²) in [7, 11) is 0. The number of likely N-dealkylation sites (tertiary alicyclic amines) is 1. The third kappa shape index (κ3) is 3.59. The van der Waals surface area contributed by atoms with Gasteiger partial charge in [-0.2, -0.15) is 0 Å². The van der Waals surface area contributed by atoms with Gasteiger partial charge in [0, 0.05) is 36.5 Å². The third-order valence-electron chi connectivity index (χ3n) is 6.70. The molecular weight excluding hydrogens is 398 g/mol. The summed E-state index contributed by atoms with van der Waals surface area (Å²) in [5.74, 6) is 0.0433. The highest BCUT2D eigenvalue weighted by Gasteiger charge is 2.41. The van der Waals surface area contributed by atoms with Gasteiger partial charge < -0.3 is 14.4 Å². The van der Waals surface area contributed by atoms with Gasteiger partial charge in [0.15, 0.2) is 0 Å². The maximum Gasteiger partial charge on any atom is 0.253 e. The molecule has 0 bridgehead atoms. The molecule has 4 aromatic rings. The molecule has 0 unspecified atom stereocenters. The van der Waals surface area contributed by atoms with Crippen LogP contribution in [0, 0.1) is 6.92 Å². The lowest BCUT2D eigenvalue weighted by Gasteiger charge is -2.41. The van der Waals surface area contributed by atoms with E-state index < -0.39 is 0 Å². The van der Waals surface area contributed by atoms with Gasteiger partial charge in [-0.15, -0.1) is 0 Å². The lowest BCUT2D eigenvalue weighted by Crippen LogP contribution is -2.46. The summed E-state index contributed by atoms with van der Waals surface area (Å²) in [5.41, 5.74) is 5.71. The number of piperidine rings is 1. The first kappa shape index (κ1) is 20.5. The van der Waals surface area contributed by atoms with Gasteiger partial charge in [-0.05, 0) is 54.7 Å². The molecule has 0 spiro atoms. The largest absolute Gasteiger partial charge is 0.392 e. The lowest BCUT2D eigenvalue weighted by molar-refractivity contribution is 0.0684. The maximum absolute atomic E-state index is 13.1. The summed E-state index contributed by atoms with van der Waals surface area (Å²) in [4.78, 5) is 20.1. The Labute approximate surface area is 188 Å². The first-order valence-corrected chi connectivity index (χ1v) is 11.1. The van der Waals surface area contributed by atoms with Crippen molar-refractivity contribution in [2.24, 2.45) is 0 Å². The zero-order valence-corrected chi connectivity index (χ0v) is 18.2. The summed E-state index contributed by atoms with van der Waals surface area (Å²) in [6, 6.07) is 21.9. The van der Waals surface area contributed by atoms with E-state index in [1.807, 2.05) is 23.1 Å². The Bertz CT molecular complexity index is 1240. The number of aliphatic hydroxyl groups excluding tert-OH is 1. The molecule has 0 aliphatic carbocycles. The zero-order chi connectivity index (χ0) is 22.1. The van der Waals surface area contributed by atoms with Crippen molar-refractivity contribution in [2.75, 3.05) is 13.1 Å². The second-order valence-corrected chi connectivity index (χ2v) is 8.69. The van der Waals surface area contributed by atoms with E-state index in [-0.39, 0.29) is 17.9 Å². The van der Waals surface area contributed by atoms with Gasteiger partial charge in [0.2, 0.25) is 0 Å². The Morgan fingerprint density at radius 1 is 0.969 bits per heavy atom. The number of hydrogen-bond donors (Lipinski definition) is 1. The molecular formula is C27H27N3O2. The first-order valence-electron chi connectivity index (χ1n) is 11.1. The molecule has 1 aliphatic heterocycles. The molecule has 0 atom stereocenters. The van der Waals surface area contributed by atoms with Crippen molar-refractivity contribution in [3.8, 4) is 0 Å². The Kier molecular flexibility index (Phi) is 5.27. The molecule has 3 heterocycles. The average Bonchev–Trinajstić information content (AvgIpc) is 3.28. The molecule has 5 heteroatoms. The number of pyridine rings is 1. The standard InChI is InChI=1S/C27H27N3O2/c1-20-7-12-25-28-24(18-30(25)17-20)27(23-5-3-2-4-6-23)13-15-29(16-14-27)26(32)22-10-8-21(19-31)9-11-22/h2-12,17-18,31H,13-16,19H2,1H3. The Hall–Kier alpha value is -3.44. The van der Waals surface area contributed by atoms with Crippen LogP contribution in [0.5, 0.6) is 0 Å². The normalized spacial score (nSPS) is 15.8. The predicted molar refractivity (Wildman–Crippen MR) is 125 cm³/mol. The number of carbonyl (C=O) groups is 1. The molecule has 1 saturated heterocycles. The van der Waals surface area contributed by atoms with Crippen LogP contribution in [-0.2, 0) is 12.0 Å². The van der Waals surface area contributed by atoms with Crippen LogP contribution < -0.4 is 0 Å². The summed E-state index contributed by atoms with van der Waals surface area (Å²) >= 11 is 0. The van der Waals surface area contributed by atoms with Crippen LogP contribution in [0.15, 0.2) is 79.1 Å². The van der Waals surface area contributed by atoms with Gasteiger partial charge in [-0.1, -0.05) is 48.5 Å². The van der Waals surface area contributed by atoms with Crippen molar-refractivity contribution < 1.29 is 9.90 Å². The molecule has 2 aromatic carbocycles. The number of aryl methyl sites for hydroxylation is 1.